The molecule has 0 unspecified atom stereocenters. The first-order valence-corrected chi connectivity index (χ1v) is 9.26. The molecule has 8 heteroatoms. The fourth-order valence-corrected chi connectivity index (χ4v) is 3.73. The van der Waals surface area contributed by atoms with Crippen LogP contribution in [0.4, 0.5) is 0 Å². The van der Waals surface area contributed by atoms with E-state index in [1.807, 2.05) is 6.92 Å². The fraction of sp³-hybridized carbons (Fsp3) is 0.308. The molecule has 1 aromatic heterocycles. The van der Waals surface area contributed by atoms with Crippen LogP contribution in [0.15, 0.2) is 33.7 Å². The van der Waals surface area contributed by atoms with Crippen molar-refractivity contribution in [2.45, 2.75) is 24.7 Å². The molecular formula is C13H14ClIN2O3S. The molecule has 2 aromatic rings. The standard InChI is InChI=1S/C13H14ClIN2O3S/c1-2-12-13(15)11(17-20-12)7-8-16-21(18,19)10-5-3-9(14)4-6-10/h3-6,16H,2,7-8H2,1H3. The Morgan fingerprint density at radius 2 is 2.00 bits per heavy atom. The number of hydrogen-bond donors (Lipinski definition) is 1. The number of aryl methyl sites for hydroxylation is 1. The average Bonchev–Trinajstić information content (AvgIpc) is 2.80. The summed E-state index contributed by atoms with van der Waals surface area (Å²) >= 11 is 7.91. The highest BCUT2D eigenvalue weighted by molar-refractivity contribution is 14.1. The first kappa shape index (κ1) is 16.7. The molecule has 21 heavy (non-hydrogen) atoms. The van der Waals surface area contributed by atoms with Gasteiger partial charge in [-0.15, -0.1) is 0 Å². The predicted octanol–water partition coefficient (Wildman–Crippen LogP) is 3.02. The molecule has 0 atom stereocenters. The molecule has 0 spiro atoms. The van der Waals surface area contributed by atoms with Gasteiger partial charge < -0.3 is 4.52 Å². The molecule has 2 rings (SSSR count). The molecule has 0 fully saturated rings. The Balaban J connectivity index is 1.99. The van der Waals surface area contributed by atoms with Gasteiger partial charge in [0, 0.05) is 24.4 Å². The number of nitrogens with zero attached hydrogens (tertiary/aromatic N) is 1. The van der Waals surface area contributed by atoms with E-state index >= 15 is 0 Å². The molecule has 1 heterocycles. The fourth-order valence-electron chi connectivity index (χ4n) is 1.73. The summed E-state index contributed by atoms with van der Waals surface area (Å²) in [6, 6.07) is 6.04. The first-order valence-electron chi connectivity index (χ1n) is 6.32. The number of aromatic nitrogens is 1. The maximum atomic E-state index is 12.1. The largest absolute Gasteiger partial charge is 0.360 e. The van der Waals surface area contributed by atoms with E-state index in [-0.39, 0.29) is 11.4 Å². The number of halogens is 2. The number of rotatable bonds is 6. The topological polar surface area (TPSA) is 72.2 Å². The van der Waals surface area contributed by atoms with Crippen LogP contribution in [0.1, 0.15) is 18.4 Å². The highest BCUT2D eigenvalue weighted by atomic mass is 127. The lowest BCUT2D eigenvalue weighted by atomic mass is 10.2. The minimum atomic E-state index is -3.53. The van der Waals surface area contributed by atoms with Crippen LogP contribution >= 0.6 is 34.2 Å². The summed E-state index contributed by atoms with van der Waals surface area (Å²) in [7, 11) is -3.53. The Morgan fingerprint density at radius 3 is 2.57 bits per heavy atom. The van der Waals surface area contributed by atoms with Crippen molar-refractivity contribution < 1.29 is 12.9 Å². The zero-order valence-electron chi connectivity index (χ0n) is 11.3. The van der Waals surface area contributed by atoms with Crippen molar-refractivity contribution in [1.82, 2.24) is 9.88 Å². The van der Waals surface area contributed by atoms with Gasteiger partial charge in [-0.3, -0.25) is 0 Å². The van der Waals surface area contributed by atoms with Gasteiger partial charge in [0.15, 0.2) is 0 Å². The summed E-state index contributed by atoms with van der Waals surface area (Å²) in [6.07, 6.45) is 1.25. The SMILES string of the molecule is CCc1onc(CCNS(=O)(=O)c2ccc(Cl)cc2)c1I. The summed E-state index contributed by atoms with van der Waals surface area (Å²) in [6.45, 7) is 2.24. The quantitative estimate of drug-likeness (QED) is 0.701. The third-order valence-electron chi connectivity index (χ3n) is 2.86. The second-order valence-corrected chi connectivity index (χ2v) is 7.60. The van der Waals surface area contributed by atoms with Crippen molar-refractivity contribution in [2.24, 2.45) is 0 Å². The van der Waals surface area contributed by atoms with Crippen molar-refractivity contribution in [2.75, 3.05) is 6.54 Å². The Kier molecular flexibility index (Phi) is 5.64. The highest BCUT2D eigenvalue weighted by Crippen LogP contribution is 2.18. The number of benzene rings is 1. The van der Waals surface area contributed by atoms with Crippen LogP contribution in [0.2, 0.25) is 5.02 Å². The third kappa shape index (κ3) is 4.18. The molecular weight excluding hydrogens is 427 g/mol. The minimum Gasteiger partial charge on any atom is -0.360 e. The lowest BCUT2D eigenvalue weighted by Gasteiger charge is -2.06. The Morgan fingerprint density at radius 1 is 1.33 bits per heavy atom. The van der Waals surface area contributed by atoms with Crippen molar-refractivity contribution >= 4 is 44.2 Å². The van der Waals surface area contributed by atoms with E-state index in [1.165, 1.54) is 12.1 Å². The lowest BCUT2D eigenvalue weighted by Crippen LogP contribution is -2.26. The van der Waals surface area contributed by atoms with Gasteiger partial charge in [0.1, 0.15) is 5.76 Å². The smallest absolute Gasteiger partial charge is 0.240 e. The third-order valence-corrected chi connectivity index (χ3v) is 5.82. The number of hydrogen-bond acceptors (Lipinski definition) is 4. The molecule has 0 bridgehead atoms. The van der Waals surface area contributed by atoms with E-state index in [2.05, 4.69) is 32.5 Å². The van der Waals surface area contributed by atoms with E-state index in [0.29, 0.717) is 11.4 Å². The van der Waals surface area contributed by atoms with Crippen LogP contribution in [-0.2, 0) is 22.9 Å². The zero-order chi connectivity index (χ0) is 15.5. The maximum Gasteiger partial charge on any atom is 0.240 e. The monoisotopic (exact) mass is 440 g/mol. The van der Waals surface area contributed by atoms with E-state index in [1.54, 1.807) is 12.1 Å². The van der Waals surface area contributed by atoms with Gasteiger partial charge in [-0.1, -0.05) is 23.7 Å². The van der Waals surface area contributed by atoms with E-state index < -0.39 is 10.0 Å². The number of sulfonamides is 1. The summed E-state index contributed by atoms with van der Waals surface area (Å²) in [4.78, 5) is 0.191. The molecule has 0 amide bonds. The van der Waals surface area contributed by atoms with E-state index in [4.69, 9.17) is 16.1 Å². The molecule has 0 aliphatic rings. The first-order chi connectivity index (χ1) is 9.94. The highest BCUT2D eigenvalue weighted by Gasteiger charge is 2.15. The summed E-state index contributed by atoms with van der Waals surface area (Å²) in [5, 5.41) is 4.45. The summed E-state index contributed by atoms with van der Waals surface area (Å²) in [5.41, 5.74) is 0.770. The molecule has 0 saturated carbocycles. The molecule has 0 radical (unpaired) electrons. The summed E-state index contributed by atoms with van der Waals surface area (Å²) in [5.74, 6) is 0.825. The van der Waals surface area contributed by atoms with Gasteiger partial charge in [-0.2, -0.15) is 0 Å². The van der Waals surface area contributed by atoms with Gasteiger partial charge >= 0.3 is 0 Å². The van der Waals surface area contributed by atoms with Gasteiger partial charge in [-0.25, -0.2) is 13.1 Å². The lowest BCUT2D eigenvalue weighted by molar-refractivity contribution is 0.380. The van der Waals surface area contributed by atoms with Gasteiger partial charge in [0.25, 0.3) is 0 Å². The second-order valence-electron chi connectivity index (χ2n) is 4.32. The van der Waals surface area contributed by atoms with Crippen LogP contribution < -0.4 is 4.72 Å². The van der Waals surface area contributed by atoms with Gasteiger partial charge in [-0.05, 0) is 46.9 Å². The Hall–Kier alpha value is -0.640. The van der Waals surface area contributed by atoms with E-state index in [0.717, 1.165) is 21.4 Å². The van der Waals surface area contributed by atoms with Gasteiger partial charge in [0.2, 0.25) is 10.0 Å². The zero-order valence-corrected chi connectivity index (χ0v) is 15.0. The van der Waals surface area contributed by atoms with Crippen molar-refractivity contribution in [3.05, 3.63) is 44.3 Å². The van der Waals surface area contributed by atoms with Crippen molar-refractivity contribution in [3.63, 3.8) is 0 Å². The van der Waals surface area contributed by atoms with Gasteiger partial charge in [0.05, 0.1) is 14.2 Å². The molecule has 5 nitrogen and oxygen atoms in total. The molecule has 0 aliphatic heterocycles. The molecule has 1 N–H and O–H groups in total. The van der Waals surface area contributed by atoms with Crippen LogP contribution in [0.3, 0.4) is 0 Å². The number of nitrogens with one attached hydrogen (secondary N) is 1. The second kappa shape index (κ2) is 7.08. The Bertz CT molecular complexity index is 714. The molecule has 114 valence electrons. The molecule has 1 aromatic carbocycles. The van der Waals surface area contributed by atoms with Crippen LogP contribution in [0.25, 0.3) is 0 Å². The minimum absolute atomic E-state index is 0.191. The van der Waals surface area contributed by atoms with Crippen LogP contribution in [-0.4, -0.2) is 20.1 Å². The van der Waals surface area contributed by atoms with Crippen molar-refractivity contribution in [1.29, 1.82) is 0 Å². The van der Waals surface area contributed by atoms with Crippen molar-refractivity contribution in [3.8, 4) is 0 Å². The van der Waals surface area contributed by atoms with E-state index in [9.17, 15) is 8.42 Å². The molecule has 0 saturated heterocycles. The normalized spacial score (nSPS) is 11.8. The summed E-state index contributed by atoms with van der Waals surface area (Å²) < 4.78 is 32.8. The van der Waals surface area contributed by atoms with Crippen LogP contribution in [0, 0.1) is 3.57 Å². The average molecular weight is 441 g/mol. The van der Waals surface area contributed by atoms with Crippen LogP contribution in [0.5, 0.6) is 0 Å². The maximum absolute atomic E-state index is 12.1. The molecule has 0 aliphatic carbocycles. The predicted molar refractivity (Wildman–Crippen MR) is 88.9 cm³/mol. The Labute approximate surface area is 142 Å².